The van der Waals surface area contributed by atoms with Crippen LogP contribution in [0.1, 0.15) is 43.5 Å². The third-order valence-corrected chi connectivity index (χ3v) is 9.79. The highest BCUT2D eigenvalue weighted by Crippen LogP contribution is 2.36. The summed E-state index contributed by atoms with van der Waals surface area (Å²) in [5, 5.41) is 2.29. The van der Waals surface area contributed by atoms with E-state index in [2.05, 4.69) is 45.2 Å². The van der Waals surface area contributed by atoms with E-state index in [0.717, 1.165) is 26.4 Å². The molecule has 0 spiro atoms. The number of allylic oxidation sites excluding steroid dienone is 1. The van der Waals surface area contributed by atoms with E-state index in [-0.39, 0.29) is 24.3 Å². The largest absolute Gasteiger partial charge is 0.490 e. The summed E-state index contributed by atoms with van der Waals surface area (Å²) in [6.07, 6.45) is 1.79. The van der Waals surface area contributed by atoms with Gasteiger partial charge < -0.3 is 23.7 Å². The minimum absolute atomic E-state index is 0.147. The van der Waals surface area contributed by atoms with Crippen molar-refractivity contribution in [2.75, 3.05) is 26.9 Å². The van der Waals surface area contributed by atoms with Gasteiger partial charge in [-0.05, 0) is 94.5 Å². The number of halogens is 1. The molecule has 0 fully saturated rings. The summed E-state index contributed by atoms with van der Waals surface area (Å²) < 4.78 is 30.5. The maximum atomic E-state index is 14.2. The smallest absolute Gasteiger partial charge is 0.343 e. The fourth-order valence-corrected chi connectivity index (χ4v) is 7.39. The summed E-state index contributed by atoms with van der Waals surface area (Å²) in [5.74, 6) is 0.190. The molecular formula is C39H35BrN2O8S. The Balaban J connectivity index is 1.36. The van der Waals surface area contributed by atoms with Gasteiger partial charge in [0.2, 0.25) is 0 Å². The average Bonchev–Trinajstić information content (AvgIpc) is 3.43. The molecule has 0 aliphatic carbocycles. The normalized spacial score (nSPS) is 14.1. The zero-order valence-corrected chi connectivity index (χ0v) is 30.8. The van der Waals surface area contributed by atoms with Crippen LogP contribution < -0.4 is 29.1 Å². The average molecular weight is 772 g/mol. The van der Waals surface area contributed by atoms with Gasteiger partial charge in [-0.1, -0.05) is 65.9 Å². The molecule has 5 aromatic rings. The Morgan fingerprint density at radius 2 is 1.71 bits per heavy atom. The van der Waals surface area contributed by atoms with Gasteiger partial charge in [-0.15, -0.1) is 0 Å². The molecule has 4 aromatic carbocycles. The molecule has 262 valence electrons. The second kappa shape index (κ2) is 15.8. The number of aromatic nitrogens is 1. The van der Waals surface area contributed by atoms with Crippen molar-refractivity contribution >= 4 is 56.1 Å². The van der Waals surface area contributed by atoms with Crippen LogP contribution in [0.3, 0.4) is 0 Å². The Hall–Kier alpha value is -5.20. The van der Waals surface area contributed by atoms with Gasteiger partial charge in [-0.3, -0.25) is 9.36 Å². The third-order valence-electron chi connectivity index (χ3n) is 8.19. The Morgan fingerprint density at radius 1 is 0.922 bits per heavy atom. The number of carbonyl (C=O) groups excluding carboxylic acids is 2. The third kappa shape index (κ3) is 7.62. The highest BCUT2D eigenvalue weighted by atomic mass is 79.9. The highest BCUT2D eigenvalue weighted by molar-refractivity contribution is 9.10. The van der Waals surface area contributed by atoms with Gasteiger partial charge in [-0.25, -0.2) is 14.6 Å². The predicted molar refractivity (Wildman–Crippen MR) is 198 cm³/mol. The molecular weight excluding hydrogens is 736 g/mol. The lowest BCUT2D eigenvalue weighted by molar-refractivity contribution is -0.143. The number of benzene rings is 4. The second-order valence-corrected chi connectivity index (χ2v) is 13.3. The first-order valence-electron chi connectivity index (χ1n) is 16.3. The molecule has 1 aliphatic rings. The quantitative estimate of drug-likeness (QED) is 0.137. The van der Waals surface area contributed by atoms with Gasteiger partial charge in [0.05, 0.1) is 46.6 Å². The van der Waals surface area contributed by atoms with Crippen LogP contribution in [0.25, 0.3) is 16.8 Å². The van der Waals surface area contributed by atoms with Gasteiger partial charge in [-0.2, -0.15) is 0 Å². The molecule has 0 amide bonds. The van der Waals surface area contributed by atoms with Crippen LogP contribution in [0.15, 0.2) is 104 Å². The van der Waals surface area contributed by atoms with E-state index in [0.29, 0.717) is 51.1 Å². The fourth-order valence-electron chi connectivity index (χ4n) is 5.83. The lowest BCUT2D eigenvalue weighted by Crippen LogP contribution is -2.40. The van der Waals surface area contributed by atoms with Crippen molar-refractivity contribution in [1.29, 1.82) is 0 Å². The Bertz CT molecular complexity index is 2340. The van der Waals surface area contributed by atoms with Gasteiger partial charge >= 0.3 is 11.9 Å². The first-order valence-corrected chi connectivity index (χ1v) is 17.9. The molecule has 12 heteroatoms. The number of thiazole rings is 1. The lowest BCUT2D eigenvalue weighted by Gasteiger charge is -2.25. The molecule has 2 heterocycles. The fraction of sp³-hybridized carbons (Fsp3) is 0.231. The maximum Gasteiger partial charge on any atom is 0.343 e. The molecule has 1 atom stereocenters. The number of ether oxygens (including phenoxy) is 5. The minimum atomic E-state index is -0.868. The highest BCUT2D eigenvalue weighted by Gasteiger charge is 2.34. The monoisotopic (exact) mass is 770 g/mol. The summed E-state index contributed by atoms with van der Waals surface area (Å²) in [6, 6.07) is 24.2. The van der Waals surface area contributed by atoms with Gasteiger partial charge in [0.15, 0.2) is 22.9 Å². The standard InChI is InChI=1S/C39H35BrN2O8S/c1-5-47-32-20-26(15-17-31(32)50-22-34(43)46-4)36-35(38(45)48-6-2)23(3)41-39-42(36)37(44)33(51-39)19-24-14-16-30(29(40)18-24)49-21-27-12-9-11-25-10-7-8-13-28(25)27/h7-20,36H,5-6,21-22H2,1-4H3/b33-19-/t36-/m0/s1. The van der Waals surface area contributed by atoms with E-state index in [1.807, 2.05) is 43.3 Å². The van der Waals surface area contributed by atoms with Crippen LogP contribution >= 0.6 is 27.3 Å². The van der Waals surface area contributed by atoms with Crippen LogP contribution in [-0.4, -0.2) is 43.4 Å². The number of hydrogen-bond donors (Lipinski definition) is 0. The number of esters is 2. The Morgan fingerprint density at radius 3 is 2.47 bits per heavy atom. The van der Waals surface area contributed by atoms with E-state index < -0.39 is 18.0 Å². The number of nitrogens with zero attached hydrogens (tertiary/aromatic N) is 2. The predicted octanol–water partition coefficient (Wildman–Crippen LogP) is 6.24. The molecule has 6 rings (SSSR count). The molecule has 1 aliphatic heterocycles. The molecule has 0 bridgehead atoms. The van der Waals surface area contributed by atoms with Crippen molar-refractivity contribution in [3.8, 4) is 17.2 Å². The van der Waals surface area contributed by atoms with E-state index >= 15 is 0 Å². The van der Waals surface area contributed by atoms with Crippen molar-refractivity contribution in [3.63, 3.8) is 0 Å². The maximum absolute atomic E-state index is 14.2. The zero-order valence-electron chi connectivity index (χ0n) is 28.4. The number of rotatable bonds is 12. The Kier molecular flexibility index (Phi) is 11.0. The number of carbonyl (C=O) groups is 2. The molecule has 0 unspecified atom stereocenters. The van der Waals surface area contributed by atoms with Crippen LogP contribution in [-0.2, 0) is 25.7 Å². The summed E-state index contributed by atoms with van der Waals surface area (Å²) in [6.45, 7) is 5.79. The summed E-state index contributed by atoms with van der Waals surface area (Å²) >= 11 is 4.87. The molecule has 0 saturated carbocycles. The second-order valence-electron chi connectivity index (χ2n) is 11.4. The van der Waals surface area contributed by atoms with Crippen LogP contribution in [0.5, 0.6) is 17.2 Å². The van der Waals surface area contributed by atoms with Crippen LogP contribution in [0, 0.1) is 0 Å². The number of hydrogen-bond acceptors (Lipinski definition) is 10. The van der Waals surface area contributed by atoms with E-state index in [9.17, 15) is 14.4 Å². The Labute approximate surface area is 306 Å². The molecule has 0 N–H and O–H groups in total. The molecule has 10 nitrogen and oxygen atoms in total. The summed E-state index contributed by atoms with van der Waals surface area (Å²) in [5.41, 5.74) is 2.77. The van der Waals surface area contributed by atoms with Crippen molar-refractivity contribution in [3.05, 3.63) is 131 Å². The van der Waals surface area contributed by atoms with Crippen molar-refractivity contribution in [2.24, 2.45) is 4.99 Å². The van der Waals surface area contributed by atoms with Crippen molar-refractivity contribution < 1.29 is 33.3 Å². The van der Waals surface area contributed by atoms with Gasteiger partial charge in [0, 0.05) is 0 Å². The lowest BCUT2D eigenvalue weighted by atomic mass is 9.95. The van der Waals surface area contributed by atoms with E-state index in [1.165, 1.54) is 23.0 Å². The van der Waals surface area contributed by atoms with Gasteiger partial charge in [0.1, 0.15) is 12.4 Å². The van der Waals surface area contributed by atoms with Gasteiger partial charge in [0.25, 0.3) is 5.56 Å². The van der Waals surface area contributed by atoms with Crippen LogP contribution in [0.2, 0.25) is 0 Å². The summed E-state index contributed by atoms with van der Waals surface area (Å²) in [4.78, 5) is 44.4. The molecule has 1 aromatic heterocycles. The molecule has 0 saturated heterocycles. The van der Waals surface area contributed by atoms with Crippen LogP contribution in [0.4, 0.5) is 0 Å². The van der Waals surface area contributed by atoms with Crippen molar-refractivity contribution in [2.45, 2.75) is 33.4 Å². The first kappa shape index (κ1) is 35.6. The number of methoxy groups -OCH3 is 1. The number of fused-ring (bicyclic) bond motifs is 2. The molecule has 0 radical (unpaired) electrons. The SMILES string of the molecule is CCOC(=O)C1=C(C)N=c2s/c(=C\c3ccc(OCc4cccc5ccccc45)c(Br)c3)c(=O)n2[C@H]1c1ccc(OCC(=O)OC)c(OCC)c1. The first-order chi connectivity index (χ1) is 24.7. The molecule has 51 heavy (non-hydrogen) atoms. The van der Waals surface area contributed by atoms with E-state index in [4.69, 9.17) is 23.7 Å². The van der Waals surface area contributed by atoms with E-state index in [1.54, 1.807) is 38.1 Å². The van der Waals surface area contributed by atoms with Crippen molar-refractivity contribution in [1.82, 2.24) is 4.57 Å². The topological polar surface area (TPSA) is 115 Å². The summed E-state index contributed by atoms with van der Waals surface area (Å²) in [7, 11) is 1.27. The minimum Gasteiger partial charge on any atom is -0.490 e. The zero-order chi connectivity index (χ0) is 36.1.